The summed E-state index contributed by atoms with van der Waals surface area (Å²) < 4.78 is 13.1. The van der Waals surface area contributed by atoms with Crippen molar-refractivity contribution in [3.05, 3.63) is 66.0 Å². The number of benzene rings is 2. The average molecular weight is 354 g/mol. The van der Waals surface area contributed by atoms with E-state index < -0.39 is 0 Å². The van der Waals surface area contributed by atoms with Crippen molar-refractivity contribution < 1.29 is 14.0 Å². The first-order valence-electron chi connectivity index (χ1n) is 8.86. The van der Waals surface area contributed by atoms with Crippen molar-refractivity contribution >= 4 is 17.5 Å². The summed E-state index contributed by atoms with van der Waals surface area (Å²) in [6, 6.07) is 15.7. The third-order valence-electron chi connectivity index (χ3n) is 4.71. The summed E-state index contributed by atoms with van der Waals surface area (Å²) in [4.78, 5) is 28.8. The second-order valence-corrected chi connectivity index (χ2v) is 6.93. The van der Waals surface area contributed by atoms with Gasteiger partial charge in [-0.1, -0.05) is 30.3 Å². The van der Waals surface area contributed by atoms with Crippen molar-refractivity contribution in [3.8, 4) is 0 Å². The van der Waals surface area contributed by atoms with Crippen LogP contribution in [0.5, 0.6) is 0 Å². The fraction of sp³-hybridized carbons (Fsp3) is 0.333. The minimum Gasteiger partial charge on any atom is -0.336 e. The number of carbonyl (C=O) groups is 2. The maximum absolute atomic E-state index is 13.1. The summed E-state index contributed by atoms with van der Waals surface area (Å²) in [5.41, 5.74) is 1.69. The first-order valence-corrected chi connectivity index (χ1v) is 8.86. The molecule has 26 heavy (non-hydrogen) atoms. The highest BCUT2D eigenvalue weighted by molar-refractivity contribution is 6.00. The van der Waals surface area contributed by atoms with Gasteiger partial charge in [-0.15, -0.1) is 0 Å². The lowest BCUT2D eigenvalue weighted by Crippen LogP contribution is -2.41. The lowest BCUT2D eigenvalue weighted by molar-refractivity contribution is -0.138. The average Bonchev–Trinajstić information content (AvgIpc) is 3.02. The Morgan fingerprint density at radius 3 is 2.42 bits per heavy atom. The van der Waals surface area contributed by atoms with Crippen molar-refractivity contribution in [1.29, 1.82) is 0 Å². The molecule has 2 aromatic carbocycles. The molecule has 1 saturated heterocycles. The van der Waals surface area contributed by atoms with Crippen LogP contribution >= 0.6 is 0 Å². The maximum Gasteiger partial charge on any atom is 0.228 e. The van der Waals surface area contributed by atoms with Crippen LogP contribution in [0.4, 0.5) is 10.1 Å². The van der Waals surface area contributed by atoms with E-state index in [1.165, 1.54) is 12.1 Å². The number of hydrogen-bond acceptors (Lipinski definition) is 2. The van der Waals surface area contributed by atoms with Crippen molar-refractivity contribution in [3.63, 3.8) is 0 Å². The van der Waals surface area contributed by atoms with Gasteiger partial charge >= 0.3 is 0 Å². The van der Waals surface area contributed by atoms with E-state index in [0.717, 1.165) is 5.56 Å². The molecule has 136 valence electrons. The number of hydrogen-bond donors (Lipinski definition) is 0. The molecule has 2 amide bonds. The van der Waals surface area contributed by atoms with Crippen LogP contribution in [0.25, 0.3) is 0 Å². The molecule has 3 rings (SSSR count). The molecule has 0 N–H and O–H groups in total. The minimum atomic E-state index is -0.376. The van der Waals surface area contributed by atoms with Gasteiger partial charge in [0.2, 0.25) is 11.8 Å². The number of rotatable bonds is 5. The van der Waals surface area contributed by atoms with E-state index in [-0.39, 0.29) is 36.0 Å². The van der Waals surface area contributed by atoms with E-state index >= 15 is 0 Å². The molecule has 0 radical (unpaired) electrons. The van der Waals surface area contributed by atoms with E-state index in [0.29, 0.717) is 18.8 Å². The predicted octanol–water partition coefficient (Wildman–Crippen LogP) is 3.62. The summed E-state index contributed by atoms with van der Waals surface area (Å²) in [7, 11) is 0. The fourth-order valence-electron chi connectivity index (χ4n) is 3.27. The fourth-order valence-corrected chi connectivity index (χ4v) is 3.27. The Labute approximate surface area is 153 Å². The van der Waals surface area contributed by atoms with Gasteiger partial charge in [0.1, 0.15) is 5.82 Å². The second kappa shape index (κ2) is 7.68. The van der Waals surface area contributed by atoms with E-state index in [4.69, 9.17) is 0 Å². The van der Waals surface area contributed by atoms with Gasteiger partial charge in [0.15, 0.2) is 0 Å². The first-order chi connectivity index (χ1) is 12.5. The number of nitrogens with zero attached hydrogens (tertiary/aromatic N) is 2. The van der Waals surface area contributed by atoms with Gasteiger partial charge in [-0.3, -0.25) is 9.59 Å². The van der Waals surface area contributed by atoms with E-state index in [1.807, 2.05) is 49.1 Å². The molecule has 2 aromatic rings. The van der Waals surface area contributed by atoms with Crippen molar-refractivity contribution in [2.45, 2.75) is 32.9 Å². The predicted molar refractivity (Wildman–Crippen MR) is 99.0 cm³/mol. The molecule has 0 aliphatic carbocycles. The van der Waals surface area contributed by atoms with Gasteiger partial charge in [-0.2, -0.15) is 0 Å². The Hall–Kier alpha value is -2.69. The Morgan fingerprint density at radius 1 is 1.15 bits per heavy atom. The third-order valence-corrected chi connectivity index (χ3v) is 4.71. The Morgan fingerprint density at radius 2 is 1.81 bits per heavy atom. The van der Waals surface area contributed by atoms with Crippen molar-refractivity contribution in [2.24, 2.45) is 5.92 Å². The molecule has 1 atom stereocenters. The van der Waals surface area contributed by atoms with Gasteiger partial charge in [-0.05, 0) is 43.7 Å². The molecule has 1 aliphatic heterocycles. The maximum atomic E-state index is 13.1. The SMILES string of the molecule is CC(C)N(Cc1ccccc1)C(=O)C1CC(=O)N(c2ccc(F)cc2)C1. The summed E-state index contributed by atoms with van der Waals surface area (Å²) in [6.45, 7) is 4.82. The van der Waals surface area contributed by atoms with Gasteiger partial charge < -0.3 is 9.80 Å². The molecule has 0 spiro atoms. The monoisotopic (exact) mass is 354 g/mol. The summed E-state index contributed by atoms with van der Waals surface area (Å²) >= 11 is 0. The van der Waals surface area contributed by atoms with Crippen molar-refractivity contribution in [1.82, 2.24) is 4.90 Å². The van der Waals surface area contributed by atoms with Gasteiger partial charge in [0.05, 0.1) is 5.92 Å². The van der Waals surface area contributed by atoms with Crippen molar-refractivity contribution in [2.75, 3.05) is 11.4 Å². The molecular formula is C21H23FN2O2. The molecule has 0 bridgehead atoms. The van der Waals surface area contributed by atoms with Crippen LogP contribution < -0.4 is 4.90 Å². The van der Waals surface area contributed by atoms with Crippen LogP contribution in [0.2, 0.25) is 0 Å². The minimum absolute atomic E-state index is 0.0122. The van der Waals surface area contributed by atoms with Crippen LogP contribution in [0.15, 0.2) is 54.6 Å². The smallest absolute Gasteiger partial charge is 0.228 e. The molecule has 4 nitrogen and oxygen atoms in total. The molecule has 0 aromatic heterocycles. The standard InChI is InChI=1S/C21H23FN2O2/c1-15(2)23(13-16-6-4-3-5-7-16)21(26)17-12-20(25)24(14-17)19-10-8-18(22)9-11-19/h3-11,15,17H,12-14H2,1-2H3. The quantitative estimate of drug-likeness (QED) is 0.823. The molecule has 0 saturated carbocycles. The summed E-state index contributed by atoms with van der Waals surface area (Å²) in [5, 5.41) is 0. The number of anilines is 1. The van der Waals surface area contributed by atoms with Gasteiger partial charge in [0.25, 0.3) is 0 Å². The molecule has 1 fully saturated rings. The largest absolute Gasteiger partial charge is 0.336 e. The van der Waals surface area contributed by atoms with Crippen LogP contribution in [-0.2, 0) is 16.1 Å². The first kappa shape index (κ1) is 18.1. The zero-order valence-electron chi connectivity index (χ0n) is 15.1. The zero-order chi connectivity index (χ0) is 18.7. The normalized spacial score (nSPS) is 17.0. The number of amides is 2. The van der Waals surface area contributed by atoms with E-state index in [2.05, 4.69) is 0 Å². The number of halogens is 1. The van der Waals surface area contributed by atoms with Crippen LogP contribution in [-0.4, -0.2) is 29.3 Å². The van der Waals surface area contributed by atoms with Crippen LogP contribution in [0.1, 0.15) is 25.8 Å². The Bertz CT molecular complexity index is 774. The summed E-state index contributed by atoms with van der Waals surface area (Å²) in [6.07, 6.45) is 0.189. The molecule has 1 aliphatic rings. The lowest BCUT2D eigenvalue weighted by Gasteiger charge is -2.29. The van der Waals surface area contributed by atoms with E-state index in [1.54, 1.807) is 17.0 Å². The summed E-state index contributed by atoms with van der Waals surface area (Å²) in [5.74, 6) is -0.833. The Balaban J connectivity index is 1.73. The van der Waals surface area contributed by atoms with Gasteiger partial charge in [-0.25, -0.2) is 4.39 Å². The molecular weight excluding hydrogens is 331 g/mol. The Kier molecular flexibility index (Phi) is 5.35. The highest BCUT2D eigenvalue weighted by Crippen LogP contribution is 2.27. The molecule has 1 heterocycles. The highest BCUT2D eigenvalue weighted by Gasteiger charge is 2.37. The van der Waals surface area contributed by atoms with E-state index in [9.17, 15) is 14.0 Å². The van der Waals surface area contributed by atoms with Crippen LogP contribution in [0.3, 0.4) is 0 Å². The van der Waals surface area contributed by atoms with Crippen LogP contribution in [0, 0.1) is 11.7 Å². The van der Waals surface area contributed by atoms with Gasteiger partial charge in [0, 0.05) is 31.2 Å². The third kappa shape index (κ3) is 3.93. The zero-order valence-corrected chi connectivity index (χ0v) is 15.1. The molecule has 1 unspecified atom stereocenters. The molecule has 5 heteroatoms. The lowest BCUT2D eigenvalue weighted by atomic mass is 10.1. The highest BCUT2D eigenvalue weighted by atomic mass is 19.1. The number of carbonyl (C=O) groups excluding carboxylic acids is 2. The second-order valence-electron chi connectivity index (χ2n) is 6.93. The topological polar surface area (TPSA) is 40.6 Å².